The summed E-state index contributed by atoms with van der Waals surface area (Å²) in [6.07, 6.45) is 2.25. The van der Waals surface area contributed by atoms with Gasteiger partial charge in [-0.25, -0.2) is 0 Å². The van der Waals surface area contributed by atoms with Gasteiger partial charge in [0.2, 0.25) is 5.91 Å². The molecule has 0 saturated heterocycles. The van der Waals surface area contributed by atoms with E-state index in [0.717, 1.165) is 25.8 Å². The van der Waals surface area contributed by atoms with Crippen LogP contribution in [0.3, 0.4) is 0 Å². The number of rotatable bonds is 6. The number of carbonyl (C=O) groups excluding carboxylic acids is 1. The highest BCUT2D eigenvalue weighted by Gasteiger charge is 2.43. The Morgan fingerprint density at radius 3 is 2.76 bits per heavy atom. The molecule has 4 atom stereocenters. The monoisotopic (exact) mass is 260 g/mol. The molecular weight excluding hydrogens is 236 g/mol. The number of likely N-dealkylation sites (N-methyl/N-ethyl adjacent to an activating group) is 1. The average molecular weight is 260 g/mol. The van der Waals surface area contributed by atoms with Crippen LogP contribution in [-0.2, 0) is 4.79 Å². The lowest BCUT2D eigenvalue weighted by molar-refractivity contribution is -0.124. The molecule has 100 valence electrons. The van der Waals surface area contributed by atoms with Gasteiger partial charge in [-0.1, -0.05) is 13.8 Å². The van der Waals surface area contributed by atoms with Gasteiger partial charge in [0.25, 0.3) is 0 Å². The van der Waals surface area contributed by atoms with Crippen LogP contribution < -0.4 is 11.1 Å². The van der Waals surface area contributed by atoms with Gasteiger partial charge < -0.3 is 16.2 Å². The van der Waals surface area contributed by atoms with Gasteiger partial charge in [0.05, 0.1) is 11.6 Å². The molecule has 4 N–H and O–H groups in total. The van der Waals surface area contributed by atoms with Crippen molar-refractivity contribution in [3.05, 3.63) is 0 Å². The first-order valence-electron chi connectivity index (χ1n) is 6.29. The number of hydrogen-bond donors (Lipinski definition) is 3. The number of nitrogens with two attached hydrogens (primary N) is 1. The highest BCUT2D eigenvalue weighted by Crippen LogP contribution is 2.39. The molecule has 0 heterocycles. The van der Waals surface area contributed by atoms with Crippen LogP contribution in [0, 0.1) is 0 Å². The summed E-state index contributed by atoms with van der Waals surface area (Å²) in [5.41, 5.74) is 4.99. The third kappa shape index (κ3) is 3.60. The number of aliphatic hydroxyl groups is 1. The summed E-state index contributed by atoms with van der Waals surface area (Å²) < 4.78 is 0. The summed E-state index contributed by atoms with van der Waals surface area (Å²) in [5.74, 6) is -0.243. The minimum atomic E-state index is -0.523. The number of aliphatic hydroxyl groups excluding tert-OH is 1. The zero-order valence-corrected chi connectivity index (χ0v) is 11.7. The molecule has 0 aromatic heterocycles. The molecule has 0 spiro atoms. The zero-order valence-electron chi connectivity index (χ0n) is 10.9. The van der Waals surface area contributed by atoms with Gasteiger partial charge >= 0.3 is 0 Å². The van der Waals surface area contributed by atoms with Crippen molar-refractivity contribution in [3.63, 3.8) is 0 Å². The Bertz CT molecular complexity index is 273. The molecule has 0 aromatic rings. The lowest BCUT2D eigenvalue weighted by atomic mass is 9.97. The fourth-order valence-corrected chi connectivity index (χ4v) is 3.81. The number of primary amides is 1. The molecule has 0 radical (unpaired) electrons. The Kier molecular flexibility index (Phi) is 5.28. The van der Waals surface area contributed by atoms with E-state index in [0.29, 0.717) is 5.25 Å². The Balaban J connectivity index is 2.57. The number of carbonyl (C=O) groups is 1. The summed E-state index contributed by atoms with van der Waals surface area (Å²) in [6.45, 7) is 6.57. The van der Waals surface area contributed by atoms with Crippen LogP contribution in [0.15, 0.2) is 0 Å². The van der Waals surface area contributed by atoms with Crippen LogP contribution in [0.5, 0.6) is 0 Å². The summed E-state index contributed by atoms with van der Waals surface area (Å²) in [7, 11) is 0. The maximum absolute atomic E-state index is 11.6. The van der Waals surface area contributed by atoms with E-state index in [1.807, 2.05) is 13.8 Å². The average Bonchev–Trinajstić information content (AvgIpc) is 2.63. The summed E-state index contributed by atoms with van der Waals surface area (Å²) >= 11 is 1.76. The maximum Gasteiger partial charge on any atom is 0.237 e. The minimum Gasteiger partial charge on any atom is -0.392 e. The molecule has 1 rings (SSSR count). The normalized spacial score (nSPS) is 32.4. The molecule has 0 aliphatic heterocycles. The Labute approximate surface area is 108 Å². The molecule has 4 nitrogen and oxygen atoms in total. The predicted octanol–water partition coefficient (Wildman–Crippen LogP) is 0.875. The van der Waals surface area contributed by atoms with E-state index in [2.05, 4.69) is 5.32 Å². The largest absolute Gasteiger partial charge is 0.392 e. The Hall–Kier alpha value is -0.260. The third-order valence-electron chi connectivity index (χ3n) is 3.54. The second-order valence-electron chi connectivity index (χ2n) is 4.92. The summed E-state index contributed by atoms with van der Waals surface area (Å²) in [4.78, 5) is 11.6. The second kappa shape index (κ2) is 6.07. The lowest BCUT2D eigenvalue weighted by Gasteiger charge is -2.27. The molecule has 1 aliphatic carbocycles. The van der Waals surface area contributed by atoms with E-state index >= 15 is 0 Å². The smallest absolute Gasteiger partial charge is 0.237 e. The first-order valence-corrected chi connectivity index (χ1v) is 7.24. The van der Waals surface area contributed by atoms with Crippen LogP contribution in [0.2, 0.25) is 0 Å². The minimum absolute atomic E-state index is 0.199. The molecule has 0 aromatic carbocycles. The fraction of sp³-hybridized carbons (Fsp3) is 0.917. The number of thioether (sulfide) groups is 1. The van der Waals surface area contributed by atoms with Crippen molar-refractivity contribution in [2.75, 3.05) is 6.54 Å². The van der Waals surface area contributed by atoms with Crippen molar-refractivity contribution >= 4 is 17.7 Å². The SMILES string of the molecule is CCNC1(C(N)=O)CCC(SC(C)C(C)O)C1. The Morgan fingerprint density at radius 1 is 1.65 bits per heavy atom. The van der Waals surface area contributed by atoms with E-state index in [1.165, 1.54) is 0 Å². The molecular formula is C12H24N2O2S. The molecule has 1 aliphatic rings. The van der Waals surface area contributed by atoms with Crippen molar-refractivity contribution in [1.29, 1.82) is 0 Å². The van der Waals surface area contributed by atoms with Crippen molar-refractivity contribution in [3.8, 4) is 0 Å². The van der Waals surface area contributed by atoms with E-state index in [9.17, 15) is 9.90 Å². The van der Waals surface area contributed by atoms with Crippen molar-refractivity contribution in [1.82, 2.24) is 5.32 Å². The topological polar surface area (TPSA) is 75.3 Å². The van der Waals surface area contributed by atoms with Crippen LogP contribution in [-0.4, -0.2) is 39.7 Å². The standard InChI is InChI=1S/C12H24N2O2S/c1-4-14-12(11(13)16)6-5-10(7-12)17-9(3)8(2)15/h8-10,14-15H,4-7H2,1-3H3,(H2,13,16). The van der Waals surface area contributed by atoms with Gasteiger partial charge in [0.15, 0.2) is 0 Å². The molecule has 5 heteroatoms. The molecule has 0 bridgehead atoms. The summed E-state index contributed by atoms with van der Waals surface area (Å²) in [5, 5.41) is 13.3. The quantitative estimate of drug-likeness (QED) is 0.662. The molecule has 17 heavy (non-hydrogen) atoms. The third-order valence-corrected chi connectivity index (χ3v) is 5.15. The number of hydrogen-bond acceptors (Lipinski definition) is 4. The fourth-order valence-electron chi connectivity index (χ4n) is 2.34. The van der Waals surface area contributed by atoms with E-state index < -0.39 is 5.54 Å². The molecule has 1 saturated carbocycles. The van der Waals surface area contributed by atoms with Crippen molar-refractivity contribution < 1.29 is 9.90 Å². The second-order valence-corrected chi connectivity index (χ2v) is 6.61. The van der Waals surface area contributed by atoms with E-state index in [-0.39, 0.29) is 17.3 Å². The predicted molar refractivity (Wildman–Crippen MR) is 72.0 cm³/mol. The van der Waals surface area contributed by atoms with Gasteiger partial charge in [0.1, 0.15) is 0 Å². The first kappa shape index (κ1) is 14.8. The highest BCUT2D eigenvalue weighted by molar-refractivity contribution is 8.00. The van der Waals surface area contributed by atoms with Gasteiger partial charge in [-0.05, 0) is 32.7 Å². The van der Waals surface area contributed by atoms with Crippen LogP contribution >= 0.6 is 11.8 Å². The van der Waals surface area contributed by atoms with E-state index in [4.69, 9.17) is 5.73 Å². The lowest BCUT2D eigenvalue weighted by Crippen LogP contribution is -2.53. The zero-order chi connectivity index (χ0) is 13.1. The van der Waals surface area contributed by atoms with Gasteiger partial charge in [0, 0.05) is 10.5 Å². The van der Waals surface area contributed by atoms with Crippen LogP contribution in [0.1, 0.15) is 40.0 Å². The maximum atomic E-state index is 11.6. The van der Waals surface area contributed by atoms with Crippen LogP contribution in [0.25, 0.3) is 0 Å². The van der Waals surface area contributed by atoms with Crippen molar-refractivity contribution in [2.24, 2.45) is 5.73 Å². The van der Waals surface area contributed by atoms with Gasteiger partial charge in [-0.15, -0.1) is 0 Å². The van der Waals surface area contributed by atoms with E-state index in [1.54, 1.807) is 18.7 Å². The molecule has 4 unspecified atom stereocenters. The molecule has 1 amide bonds. The molecule has 1 fully saturated rings. The number of nitrogens with one attached hydrogen (secondary N) is 1. The van der Waals surface area contributed by atoms with Gasteiger partial charge in [-0.3, -0.25) is 4.79 Å². The highest BCUT2D eigenvalue weighted by atomic mass is 32.2. The summed E-state index contributed by atoms with van der Waals surface area (Å²) in [6, 6.07) is 0. The van der Waals surface area contributed by atoms with Crippen molar-refractivity contribution in [2.45, 2.75) is 62.2 Å². The number of amides is 1. The van der Waals surface area contributed by atoms with Gasteiger partial charge in [-0.2, -0.15) is 11.8 Å². The first-order chi connectivity index (χ1) is 7.91. The Morgan fingerprint density at radius 2 is 2.29 bits per heavy atom. The van der Waals surface area contributed by atoms with Crippen LogP contribution in [0.4, 0.5) is 0 Å².